The molecule has 1 fully saturated rings. The van der Waals surface area contributed by atoms with E-state index in [1.54, 1.807) is 12.1 Å². The first-order valence-corrected chi connectivity index (χ1v) is 7.70. The van der Waals surface area contributed by atoms with Crippen molar-refractivity contribution in [2.24, 2.45) is 5.92 Å². The van der Waals surface area contributed by atoms with E-state index in [2.05, 4.69) is 28.2 Å². The van der Waals surface area contributed by atoms with E-state index >= 15 is 0 Å². The van der Waals surface area contributed by atoms with Crippen LogP contribution >= 0.6 is 15.9 Å². The van der Waals surface area contributed by atoms with Crippen LogP contribution in [0.1, 0.15) is 50.6 Å². The van der Waals surface area contributed by atoms with Gasteiger partial charge in [0.2, 0.25) is 0 Å². The van der Waals surface area contributed by atoms with Crippen molar-refractivity contribution in [2.75, 3.05) is 6.54 Å². The molecule has 1 aliphatic carbocycles. The first kappa shape index (κ1) is 14.0. The lowest BCUT2D eigenvalue weighted by Crippen LogP contribution is -2.30. The van der Waals surface area contributed by atoms with Crippen LogP contribution in [0.25, 0.3) is 0 Å². The number of benzene rings is 1. The number of hydrogen-bond donors (Lipinski definition) is 1. The third-order valence-electron chi connectivity index (χ3n) is 3.84. The Kier molecular flexibility index (Phi) is 5.19. The monoisotopic (exact) mass is 313 g/mol. The fraction of sp³-hybridized carbons (Fsp3) is 0.600. The number of halogens is 2. The summed E-state index contributed by atoms with van der Waals surface area (Å²) in [7, 11) is 0. The second-order valence-corrected chi connectivity index (χ2v) is 6.01. The van der Waals surface area contributed by atoms with Crippen molar-refractivity contribution in [1.29, 1.82) is 0 Å². The second kappa shape index (κ2) is 6.67. The molecule has 0 spiro atoms. The summed E-state index contributed by atoms with van der Waals surface area (Å²) in [4.78, 5) is 0. The molecule has 0 saturated heterocycles. The molecule has 1 unspecified atom stereocenters. The Morgan fingerprint density at radius 3 is 2.72 bits per heavy atom. The van der Waals surface area contributed by atoms with Crippen LogP contribution in [0.2, 0.25) is 0 Å². The van der Waals surface area contributed by atoms with E-state index in [4.69, 9.17) is 0 Å². The van der Waals surface area contributed by atoms with Gasteiger partial charge in [-0.3, -0.25) is 0 Å². The van der Waals surface area contributed by atoms with Gasteiger partial charge >= 0.3 is 0 Å². The van der Waals surface area contributed by atoms with E-state index in [-0.39, 0.29) is 11.9 Å². The number of hydrogen-bond acceptors (Lipinski definition) is 1. The zero-order valence-electron chi connectivity index (χ0n) is 10.9. The normalized spacial score (nSPS) is 18.8. The Hall–Kier alpha value is -0.410. The number of rotatable bonds is 4. The summed E-state index contributed by atoms with van der Waals surface area (Å²) in [6, 6.07) is 5.42. The Bertz CT molecular complexity index is 388. The zero-order chi connectivity index (χ0) is 13.0. The van der Waals surface area contributed by atoms with E-state index in [1.165, 1.54) is 32.1 Å². The topological polar surface area (TPSA) is 12.0 Å². The lowest BCUT2D eigenvalue weighted by molar-refractivity contribution is 0.269. The molecule has 1 nitrogen and oxygen atoms in total. The maximum atomic E-state index is 14.0. The second-order valence-electron chi connectivity index (χ2n) is 5.10. The summed E-state index contributed by atoms with van der Waals surface area (Å²) in [6.45, 7) is 2.97. The molecule has 0 aromatic heterocycles. The van der Waals surface area contributed by atoms with Gasteiger partial charge in [0, 0.05) is 16.1 Å². The van der Waals surface area contributed by atoms with Gasteiger partial charge in [-0.05, 0) is 43.5 Å². The minimum absolute atomic E-state index is 0.0882. The van der Waals surface area contributed by atoms with E-state index < -0.39 is 0 Å². The predicted molar refractivity (Wildman–Crippen MR) is 77.1 cm³/mol. The van der Waals surface area contributed by atoms with Crippen LogP contribution in [0, 0.1) is 11.7 Å². The average Bonchev–Trinajstić information content (AvgIpc) is 2.40. The maximum Gasteiger partial charge on any atom is 0.128 e. The largest absolute Gasteiger partial charge is 0.310 e. The molecule has 0 aliphatic heterocycles. The van der Waals surface area contributed by atoms with Crippen molar-refractivity contribution in [3.63, 3.8) is 0 Å². The molecule has 1 aliphatic rings. The van der Waals surface area contributed by atoms with E-state index in [1.807, 2.05) is 6.07 Å². The third-order valence-corrected chi connectivity index (χ3v) is 4.33. The fourth-order valence-corrected chi connectivity index (χ4v) is 3.35. The lowest BCUT2D eigenvalue weighted by Gasteiger charge is -2.31. The van der Waals surface area contributed by atoms with Gasteiger partial charge in [0.25, 0.3) is 0 Å². The smallest absolute Gasteiger partial charge is 0.128 e. The van der Waals surface area contributed by atoms with E-state index in [9.17, 15) is 4.39 Å². The van der Waals surface area contributed by atoms with Crippen molar-refractivity contribution >= 4 is 15.9 Å². The van der Waals surface area contributed by atoms with Gasteiger partial charge in [0.05, 0.1) is 0 Å². The van der Waals surface area contributed by atoms with Crippen LogP contribution in [0.3, 0.4) is 0 Å². The minimum Gasteiger partial charge on any atom is -0.310 e. The molecular weight excluding hydrogens is 293 g/mol. The van der Waals surface area contributed by atoms with Gasteiger partial charge in [0.1, 0.15) is 5.82 Å². The Labute approximate surface area is 117 Å². The van der Waals surface area contributed by atoms with Gasteiger partial charge in [-0.25, -0.2) is 4.39 Å². The lowest BCUT2D eigenvalue weighted by atomic mass is 9.81. The molecule has 1 atom stereocenters. The van der Waals surface area contributed by atoms with Gasteiger partial charge in [0.15, 0.2) is 0 Å². The van der Waals surface area contributed by atoms with Crippen molar-refractivity contribution in [2.45, 2.75) is 45.1 Å². The molecule has 0 radical (unpaired) electrons. The third kappa shape index (κ3) is 3.33. The average molecular weight is 314 g/mol. The summed E-state index contributed by atoms with van der Waals surface area (Å²) in [5.41, 5.74) is 0.818. The first-order valence-electron chi connectivity index (χ1n) is 6.90. The molecule has 1 N–H and O–H groups in total. The predicted octanol–water partition coefficient (Wildman–Crippen LogP) is 4.82. The summed E-state index contributed by atoms with van der Waals surface area (Å²) in [5.74, 6) is 0.484. The quantitative estimate of drug-likeness (QED) is 0.840. The van der Waals surface area contributed by atoms with Crippen molar-refractivity contribution < 1.29 is 4.39 Å². The zero-order valence-corrected chi connectivity index (χ0v) is 12.5. The first-order chi connectivity index (χ1) is 8.72. The highest BCUT2D eigenvalue weighted by Gasteiger charge is 2.26. The molecule has 0 heterocycles. The van der Waals surface area contributed by atoms with Crippen molar-refractivity contribution in [3.05, 3.63) is 34.1 Å². The minimum atomic E-state index is -0.0882. The van der Waals surface area contributed by atoms with Crippen LogP contribution in [0.5, 0.6) is 0 Å². The molecule has 0 amide bonds. The number of nitrogens with one attached hydrogen (secondary N) is 1. The van der Waals surface area contributed by atoms with Crippen LogP contribution in [0.15, 0.2) is 22.7 Å². The van der Waals surface area contributed by atoms with Crippen molar-refractivity contribution in [3.8, 4) is 0 Å². The summed E-state index contributed by atoms with van der Waals surface area (Å²) in [6.07, 6.45) is 6.31. The summed E-state index contributed by atoms with van der Waals surface area (Å²) >= 11 is 3.45. The Morgan fingerprint density at radius 1 is 1.33 bits per heavy atom. The van der Waals surface area contributed by atoms with Crippen LogP contribution in [0.4, 0.5) is 4.39 Å². The molecule has 100 valence electrons. The standard InChI is InChI=1S/C15H21BrFN/c1-2-18-15(11-6-4-3-5-7-11)13-10-12(16)8-9-14(13)17/h8-11,15,18H,2-7H2,1H3. The highest BCUT2D eigenvalue weighted by Crippen LogP contribution is 2.36. The molecular formula is C15H21BrFN. The van der Waals surface area contributed by atoms with Crippen LogP contribution < -0.4 is 5.32 Å². The van der Waals surface area contributed by atoms with Crippen LogP contribution in [-0.2, 0) is 0 Å². The molecule has 1 aromatic rings. The van der Waals surface area contributed by atoms with E-state index in [0.717, 1.165) is 16.6 Å². The summed E-state index contributed by atoms with van der Waals surface area (Å²) < 4.78 is 15.0. The maximum absolute atomic E-state index is 14.0. The molecule has 0 bridgehead atoms. The van der Waals surface area contributed by atoms with Gasteiger partial charge in [-0.1, -0.05) is 42.1 Å². The highest BCUT2D eigenvalue weighted by molar-refractivity contribution is 9.10. The van der Waals surface area contributed by atoms with E-state index in [0.29, 0.717) is 5.92 Å². The highest BCUT2D eigenvalue weighted by atomic mass is 79.9. The van der Waals surface area contributed by atoms with Gasteiger partial charge in [-0.2, -0.15) is 0 Å². The van der Waals surface area contributed by atoms with Gasteiger partial charge in [-0.15, -0.1) is 0 Å². The Morgan fingerprint density at radius 2 is 2.06 bits per heavy atom. The molecule has 3 heteroatoms. The van der Waals surface area contributed by atoms with Gasteiger partial charge < -0.3 is 5.32 Å². The summed E-state index contributed by atoms with van der Waals surface area (Å²) in [5, 5.41) is 3.48. The Balaban J connectivity index is 2.24. The SMILES string of the molecule is CCNC(c1cc(Br)ccc1F)C1CCCCC1. The molecule has 18 heavy (non-hydrogen) atoms. The molecule has 2 rings (SSSR count). The van der Waals surface area contributed by atoms with Crippen LogP contribution in [-0.4, -0.2) is 6.54 Å². The fourth-order valence-electron chi connectivity index (χ4n) is 2.97. The molecule has 1 saturated carbocycles. The molecule has 1 aromatic carbocycles. The van der Waals surface area contributed by atoms with Crippen molar-refractivity contribution in [1.82, 2.24) is 5.32 Å².